The van der Waals surface area contributed by atoms with E-state index in [1.54, 1.807) is 0 Å². The van der Waals surface area contributed by atoms with Crippen LogP contribution in [0, 0.1) is 0 Å². The van der Waals surface area contributed by atoms with Gasteiger partial charge in [-0.1, -0.05) is 0 Å². The first-order valence-electron chi connectivity index (χ1n) is 8.34. The molecular formula is C16H34N4. The van der Waals surface area contributed by atoms with Gasteiger partial charge >= 0.3 is 0 Å². The summed E-state index contributed by atoms with van der Waals surface area (Å²) in [6.45, 7) is 10.3. The molecule has 4 nitrogen and oxygen atoms in total. The lowest BCUT2D eigenvalue weighted by molar-refractivity contribution is -0.00607. The fourth-order valence-electron chi connectivity index (χ4n) is 3.96. The number of hydrogen-bond acceptors (Lipinski definition) is 4. The molecule has 0 saturated carbocycles. The van der Waals surface area contributed by atoms with Gasteiger partial charge in [-0.05, 0) is 53.6 Å². The van der Waals surface area contributed by atoms with Gasteiger partial charge in [-0.25, -0.2) is 0 Å². The summed E-state index contributed by atoms with van der Waals surface area (Å²) in [6.07, 6.45) is 5.08. The molecule has 2 saturated heterocycles. The minimum absolute atomic E-state index is 0.280. The van der Waals surface area contributed by atoms with Crippen molar-refractivity contribution in [2.45, 2.75) is 57.2 Å². The van der Waals surface area contributed by atoms with E-state index < -0.39 is 0 Å². The van der Waals surface area contributed by atoms with E-state index >= 15 is 0 Å². The van der Waals surface area contributed by atoms with Crippen LogP contribution in [0.2, 0.25) is 0 Å². The summed E-state index contributed by atoms with van der Waals surface area (Å²) >= 11 is 0. The van der Waals surface area contributed by atoms with Crippen LogP contribution in [0.15, 0.2) is 0 Å². The van der Waals surface area contributed by atoms with E-state index in [1.165, 1.54) is 51.9 Å². The molecule has 20 heavy (non-hydrogen) atoms. The smallest absolute Gasteiger partial charge is 0.0356 e. The van der Waals surface area contributed by atoms with Crippen molar-refractivity contribution >= 4 is 0 Å². The van der Waals surface area contributed by atoms with Crippen molar-refractivity contribution in [3.63, 3.8) is 0 Å². The van der Waals surface area contributed by atoms with E-state index in [1.807, 2.05) is 0 Å². The molecule has 2 heterocycles. The van der Waals surface area contributed by atoms with E-state index in [0.29, 0.717) is 6.04 Å². The molecule has 0 aliphatic carbocycles. The van der Waals surface area contributed by atoms with Crippen molar-refractivity contribution in [2.75, 3.05) is 46.8 Å². The minimum atomic E-state index is 0.280. The maximum absolute atomic E-state index is 6.21. The van der Waals surface area contributed by atoms with Crippen LogP contribution in [-0.2, 0) is 0 Å². The molecule has 0 atom stereocenters. The van der Waals surface area contributed by atoms with Crippen molar-refractivity contribution in [1.82, 2.24) is 14.7 Å². The second-order valence-electron chi connectivity index (χ2n) is 7.24. The molecule has 0 spiro atoms. The van der Waals surface area contributed by atoms with Crippen molar-refractivity contribution in [2.24, 2.45) is 5.73 Å². The van der Waals surface area contributed by atoms with E-state index in [-0.39, 0.29) is 5.54 Å². The fourth-order valence-corrected chi connectivity index (χ4v) is 3.96. The molecule has 0 unspecified atom stereocenters. The topological polar surface area (TPSA) is 35.7 Å². The summed E-state index contributed by atoms with van der Waals surface area (Å²) in [7, 11) is 4.42. The van der Waals surface area contributed by atoms with E-state index in [4.69, 9.17) is 5.73 Å². The van der Waals surface area contributed by atoms with Crippen molar-refractivity contribution in [1.29, 1.82) is 0 Å². The highest BCUT2D eigenvalue weighted by molar-refractivity contribution is 4.98. The molecule has 4 heteroatoms. The second-order valence-corrected chi connectivity index (χ2v) is 7.24. The summed E-state index contributed by atoms with van der Waals surface area (Å²) < 4.78 is 0. The van der Waals surface area contributed by atoms with Crippen LogP contribution in [0.5, 0.6) is 0 Å². The number of rotatable bonds is 4. The largest absolute Gasteiger partial charge is 0.329 e. The molecule has 118 valence electrons. The number of likely N-dealkylation sites (tertiary alicyclic amines) is 2. The highest BCUT2D eigenvalue weighted by atomic mass is 15.3. The van der Waals surface area contributed by atoms with Gasteiger partial charge in [0.05, 0.1) is 0 Å². The molecule has 2 aliphatic rings. The van der Waals surface area contributed by atoms with Crippen LogP contribution in [0.4, 0.5) is 0 Å². The maximum atomic E-state index is 6.21. The van der Waals surface area contributed by atoms with Gasteiger partial charge in [0, 0.05) is 50.3 Å². The quantitative estimate of drug-likeness (QED) is 0.841. The lowest BCUT2D eigenvalue weighted by Gasteiger charge is -2.51. The average Bonchev–Trinajstić information content (AvgIpc) is 2.47. The van der Waals surface area contributed by atoms with Crippen molar-refractivity contribution in [3.05, 3.63) is 0 Å². The van der Waals surface area contributed by atoms with Gasteiger partial charge in [0.2, 0.25) is 0 Å². The third kappa shape index (κ3) is 3.35. The molecule has 2 N–H and O–H groups in total. The molecule has 2 fully saturated rings. The lowest BCUT2D eigenvalue weighted by atomic mass is 9.83. The zero-order chi connectivity index (χ0) is 14.8. The van der Waals surface area contributed by atoms with E-state index in [9.17, 15) is 0 Å². The third-order valence-electron chi connectivity index (χ3n) is 5.70. The van der Waals surface area contributed by atoms with Crippen molar-refractivity contribution < 1.29 is 0 Å². The van der Waals surface area contributed by atoms with Gasteiger partial charge in [0.15, 0.2) is 0 Å². The molecule has 2 rings (SSSR count). The molecule has 0 aromatic rings. The molecular weight excluding hydrogens is 248 g/mol. The van der Waals surface area contributed by atoms with Crippen LogP contribution < -0.4 is 5.73 Å². The van der Waals surface area contributed by atoms with Gasteiger partial charge in [-0.2, -0.15) is 0 Å². The van der Waals surface area contributed by atoms with Gasteiger partial charge in [-0.3, -0.25) is 4.90 Å². The number of piperidine rings is 2. The second kappa shape index (κ2) is 6.73. The summed E-state index contributed by atoms with van der Waals surface area (Å²) in [5, 5.41) is 0. The Labute approximate surface area is 125 Å². The zero-order valence-corrected chi connectivity index (χ0v) is 13.9. The SMILES string of the molecule is CC(C)N1CCC(CN)(N2CCC(N(C)C)CC2)CC1. The maximum Gasteiger partial charge on any atom is 0.0356 e. The summed E-state index contributed by atoms with van der Waals surface area (Å²) in [5.41, 5.74) is 6.49. The lowest BCUT2D eigenvalue weighted by Crippen LogP contribution is -2.62. The predicted molar refractivity (Wildman–Crippen MR) is 86.0 cm³/mol. The Morgan fingerprint density at radius 2 is 1.65 bits per heavy atom. The fraction of sp³-hybridized carbons (Fsp3) is 1.00. The summed E-state index contributed by atoms with van der Waals surface area (Å²) in [5.74, 6) is 0. The van der Waals surface area contributed by atoms with Gasteiger partial charge in [0.25, 0.3) is 0 Å². The molecule has 0 bridgehead atoms. The summed E-state index contributed by atoms with van der Waals surface area (Å²) in [6, 6.07) is 1.43. The Morgan fingerprint density at radius 1 is 1.10 bits per heavy atom. The summed E-state index contributed by atoms with van der Waals surface area (Å²) in [4.78, 5) is 7.69. The molecule has 0 aromatic carbocycles. The van der Waals surface area contributed by atoms with E-state index in [0.717, 1.165) is 12.6 Å². The first kappa shape index (κ1) is 16.2. The van der Waals surface area contributed by atoms with E-state index in [2.05, 4.69) is 42.6 Å². The Kier molecular flexibility index (Phi) is 5.46. The zero-order valence-electron chi connectivity index (χ0n) is 13.9. The van der Waals surface area contributed by atoms with Crippen LogP contribution in [0.1, 0.15) is 39.5 Å². The van der Waals surface area contributed by atoms with Crippen molar-refractivity contribution in [3.8, 4) is 0 Å². The Bertz CT molecular complexity index is 287. The van der Waals surface area contributed by atoms with Gasteiger partial charge < -0.3 is 15.5 Å². The number of hydrogen-bond donors (Lipinski definition) is 1. The van der Waals surface area contributed by atoms with Crippen LogP contribution in [0.3, 0.4) is 0 Å². The predicted octanol–water partition coefficient (Wildman–Crippen LogP) is 1.21. The number of nitrogens with two attached hydrogens (primary N) is 1. The van der Waals surface area contributed by atoms with Crippen LogP contribution in [0.25, 0.3) is 0 Å². The highest BCUT2D eigenvalue weighted by Gasteiger charge is 2.40. The first-order chi connectivity index (χ1) is 9.48. The van der Waals surface area contributed by atoms with Crippen LogP contribution in [-0.4, -0.2) is 79.1 Å². The standard InChI is InChI=1S/C16H34N4/c1-14(2)19-11-7-16(13-17,8-12-19)20-9-5-15(6-10-20)18(3)4/h14-15H,5-13,17H2,1-4H3. The Hall–Kier alpha value is -0.160. The van der Waals surface area contributed by atoms with Gasteiger partial charge in [0.1, 0.15) is 0 Å². The third-order valence-corrected chi connectivity index (χ3v) is 5.70. The average molecular weight is 282 g/mol. The van der Waals surface area contributed by atoms with Gasteiger partial charge in [-0.15, -0.1) is 0 Å². The number of nitrogens with zero attached hydrogens (tertiary/aromatic N) is 3. The Balaban J connectivity index is 1.93. The molecule has 0 amide bonds. The highest BCUT2D eigenvalue weighted by Crippen LogP contribution is 2.32. The monoisotopic (exact) mass is 282 g/mol. The van der Waals surface area contributed by atoms with Crippen LogP contribution >= 0.6 is 0 Å². The molecule has 0 radical (unpaired) electrons. The minimum Gasteiger partial charge on any atom is -0.329 e. The molecule has 2 aliphatic heterocycles. The normalized spacial score (nSPS) is 26.6. The Morgan fingerprint density at radius 3 is 2.05 bits per heavy atom. The first-order valence-corrected chi connectivity index (χ1v) is 8.34. The molecule has 0 aromatic heterocycles.